The maximum atomic E-state index is 13.4. The molecule has 0 radical (unpaired) electrons. The summed E-state index contributed by atoms with van der Waals surface area (Å²) in [5.41, 5.74) is 2.43. The molecule has 0 aliphatic carbocycles. The summed E-state index contributed by atoms with van der Waals surface area (Å²) in [5, 5.41) is 18.3. The average Bonchev–Trinajstić information content (AvgIpc) is 3.01. The van der Waals surface area contributed by atoms with Crippen LogP contribution in [0.4, 0.5) is 26.7 Å². The van der Waals surface area contributed by atoms with Crippen molar-refractivity contribution >= 4 is 35.0 Å². The van der Waals surface area contributed by atoms with Gasteiger partial charge in [0.1, 0.15) is 11.9 Å². The molecule has 0 saturated carbocycles. The number of ether oxygens (including phenoxy) is 1. The van der Waals surface area contributed by atoms with Gasteiger partial charge in [-0.05, 0) is 49.4 Å². The Labute approximate surface area is 240 Å². The SMILES string of the molecule is C[C@@H]1CN([C@@H](C)CO)C(=O)Cc2cc(NC(=O)Nc3ccccc3)ccc2O[C@@H]1CN(C)C(=O)Nc1ccccc1. The van der Waals surface area contributed by atoms with Gasteiger partial charge in [-0.3, -0.25) is 4.79 Å². The van der Waals surface area contributed by atoms with Crippen LogP contribution in [-0.4, -0.2) is 71.8 Å². The molecule has 0 spiro atoms. The van der Waals surface area contributed by atoms with E-state index in [9.17, 15) is 19.5 Å². The third-order valence-corrected chi connectivity index (χ3v) is 7.03. The molecule has 41 heavy (non-hydrogen) atoms. The minimum atomic E-state index is -0.459. The number of urea groups is 2. The van der Waals surface area contributed by atoms with Gasteiger partial charge < -0.3 is 35.6 Å². The molecular formula is C31H37N5O5. The Morgan fingerprint density at radius 3 is 2.22 bits per heavy atom. The fourth-order valence-corrected chi connectivity index (χ4v) is 4.63. The van der Waals surface area contributed by atoms with E-state index >= 15 is 0 Å². The topological polar surface area (TPSA) is 123 Å². The number of rotatable bonds is 7. The largest absolute Gasteiger partial charge is 0.488 e. The zero-order chi connectivity index (χ0) is 29.4. The summed E-state index contributed by atoms with van der Waals surface area (Å²) in [7, 11) is 1.69. The minimum Gasteiger partial charge on any atom is -0.488 e. The Kier molecular flexibility index (Phi) is 9.81. The van der Waals surface area contributed by atoms with Crippen LogP contribution in [0.25, 0.3) is 0 Å². The Hall–Kier alpha value is -4.57. The first-order valence-electron chi connectivity index (χ1n) is 13.6. The van der Waals surface area contributed by atoms with Crippen molar-refractivity contribution in [1.82, 2.24) is 9.80 Å². The van der Waals surface area contributed by atoms with Gasteiger partial charge in [-0.15, -0.1) is 0 Å². The number of benzene rings is 3. The van der Waals surface area contributed by atoms with Crippen LogP contribution in [0.3, 0.4) is 0 Å². The Morgan fingerprint density at radius 1 is 0.976 bits per heavy atom. The molecule has 1 aliphatic rings. The van der Waals surface area contributed by atoms with Crippen LogP contribution < -0.4 is 20.7 Å². The summed E-state index contributed by atoms with van der Waals surface area (Å²) in [4.78, 5) is 42.1. The van der Waals surface area contributed by atoms with E-state index in [2.05, 4.69) is 16.0 Å². The molecule has 0 aromatic heterocycles. The molecule has 1 heterocycles. The van der Waals surface area contributed by atoms with E-state index in [1.54, 1.807) is 54.1 Å². The molecule has 3 aromatic carbocycles. The number of anilines is 3. The second-order valence-electron chi connectivity index (χ2n) is 10.3. The van der Waals surface area contributed by atoms with Crippen LogP contribution in [0.15, 0.2) is 78.9 Å². The zero-order valence-corrected chi connectivity index (χ0v) is 23.5. The Bertz CT molecular complexity index is 1340. The van der Waals surface area contributed by atoms with Gasteiger partial charge in [0.05, 0.1) is 25.6 Å². The van der Waals surface area contributed by atoms with Crippen LogP contribution in [0.2, 0.25) is 0 Å². The predicted molar refractivity (Wildman–Crippen MR) is 159 cm³/mol. The lowest BCUT2D eigenvalue weighted by Gasteiger charge is -2.34. The molecule has 3 aromatic rings. The smallest absolute Gasteiger partial charge is 0.323 e. The molecule has 4 rings (SSSR count). The first-order chi connectivity index (χ1) is 19.7. The molecule has 216 valence electrons. The van der Waals surface area contributed by atoms with E-state index in [1.165, 1.54) is 0 Å². The van der Waals surface area contributed by atoms with Gasteiger partial charge in [-0.25, -0.2) is 9.59 Å². The summed E-state index contributed by atoms with van der Waals surface area (Å²) < 4.78 is 6.47. The molecule has 0 saturated heterocycles. The van der Waals surface area contributed by atoms with Crippen molar-refractivity contribution in [1.29, 1.82) is 0 Å². The third-order valence-electron chi connectivity index (χ3n) is 7.03. The van der Waals surface area contributed by atoms with Gasteiger partial charge in [0, 0.05) is 42.1 Å². The van der Waals surface area contributed by atoms with Crippen LogP contribution in [0, 0.1) is 5.92 Å². The number of hydrogen-bond acceptors (Lipinski definition) is 5. The monoisotopic (exact) mass is 559 g/mol. The fraction of sp³-hybridized carbons (Fsp3) is 0.323. The number of carbonyl (C=O) groups excluding carboxylic acids is 3. The highest BCUT2D eigenvalue weighted by Crippen LogP contribution is 2.29. The van der Waals surface area contributed by atoms with Crippen molar-refractivity contribution in [3.8, 4) is 5.75 Å². The maximum Gasteiger partial charge on any atom is 0.323 e. The van der Waals surface area contributed by atoms with Crippen molar-refractivity contribution in [2.24, 2.45) is 5.92 Å². The van der Waals surface area contributed by atoms with E-state index in [0.29, 0.717) is 34.9 Å². The van der Waals surface area contributed by atoms with E-state index in [0.717, 1.165) is 0 Å². The standard InChI is InChI=1S/C31H37N5O5/c1-21-18-36(22(2)20-37)29(38)17-23-16-26(33-30(39)32-24-10-6-4-7-11-24)14-15-27(23)41-28(21)19-35(3)31(40)34-25-12-8-5-9-13-25/h4-16,21-22,28,37H,17-20H2,1-3H3,(H,34,40)(H2,32,33,39)/t21-,22+,28-/m1/s1. The van der Waals surface area contributed by atoms with Crippen molar-refractivity contribution in [3.63, 3.8) is 0 Å². The fourth-order valence-electron chi connectivity index (χ4n) is 4.63. The van der Waals surface area contributed by atoms with Crippen LogP contribution in [0.5, 0.6) is 5.75 Å². The van der Waals surface area contributed by atoms with Crippen molar-refractivity contribution in [3.05, 3.63) is 84.4 Å². The van der Waals surface area contributed by atoms with Gasteiger partial charge in [0.2, 0.25) is 5.91 Å². The highest BCUT2D eigenvalue weighted by atomic mass is 16.5. The number of amides is 5. The molecule has 4 N–H and O–H groups in total. The average molecular weight is 560 g/mol. The summed E-state index contributed by atoms with van der Waals surface area (Å²) in [6, 6.07) is 22.3. The molecule has 0 bridgehead atoms. The number of carbonyl (C=O) groups is 3. The quantitative estimate of drug-likeness (QED) is 0.336. The molecular weight excluding hydrogens is 522 g/mol. The van der Waals surface area contributed by atoms with E-state index < -0.39 is 18.2 Å². The highest BCUT2D eigenvalue weighted by Gasteiger charge is 2.32. The number of para-hydroxylation sites is 2. The molecule has 5 amide bonds. The second-order valence-corrected chi connectivity index (χ2v) is 10.3. The van der Waals surface area contributed by atoms with Gasteiger partial charge in [0.15, 0.2) is 0 Å². The molecule has 0 unspecified atom stereocenters. The second kappa shape index (κ2) is 13.7. The molecule has 10 nitrogen and oxygen atoms in total. The number of hydrogen-bond donors (Lipinski definition) is 4. The Balaban J connectivity index is 1.56. The molecule has 10 heteroatoms. The van der Waals surface area contributed by atoms with Gasteiger partial charge in [-0.2, -0.15) is 0 Å². The third kappa shape index (κ3) is 7.98. The lowest BCUT2D eigenvalue weighted by Crippen LogP contribution is -2.48. The van der Waals surface area contributed by atoms with E-state index in [4.69, 9.17) is 4.74 Å². The van der Waals surface area contributed by atoms with E-state index in [1.807, 2.05) is 55.5 Å². The first kappa shape index (κ1) is 29.4. The normalized spacial score (nSPS) is 17.6. The summed E-state index contributed by atoms with van der Waals surface area (Å²) in [6.07, 6.45) is -0.432. The minimum absolute atomic E-state index is 0.0271. The number of likely N-dealkylation sites (N-methyl/N-ethyl adjacent to an activating group) is 1. The van der Waals surface area contributed by atoms with Crippen molar-refractivity contribution in [2.45, 2.75) is 32.4 Å². The zero-order valence-electron chi connectivity index (χ0n) is 23.5. The number of fused-ring (bicyclic) bond motifs is 1. The van der Waals surface area contributed by atoms with Crippen LogP contribution in [0.1, 0.15) is 19.4 Å². The van der Waals surface area contributed by atoms with E-state index in [-0.39, 0.29) is 37.4 Å². The molecule has 1 aliphatic heterocycles. The lowest BCUT2D eigenvalue weighted by molar-refractivity contribution is -0.134. The lowest BCUT2D eigenvalue weighted by atomic mass is 10.0. The van der Waals surface area contributed by atoms with Crippen LogP contribution >= 0.6 is 0 Å². The Morgan fingerprint density at radius 2 is 1.59 bits per heavy atom. The van der Waals surface area contributed by atoms with Gasteiger partial charge in [-0.1, -0.05) is 43.3 Å². The number of aliphatic hydroxyl groups excluding tert-OH is 1. The number of aliphatic hydroxyl groups is 1. The maximum absolute atomic E-state index is 13.4. The van der Waals surface area contributed by atoms with Gasteiger partial charge in [0.25, 0.3) is 0 Å². The highest BCUT2D eigenvalue weighted by molar-refractivity contribution is 6.00. The van der Waals surface area contributed by atoms with Crippen molar-refractivity contribution in [2.75, 3.05) is 42.7 Å². The molecule has 0 fully saturated rings. The number of nitrogens with one attached hydrogen (secondary N) is 3. The van der Waals surface area contributed by atoms with Gasteiger partial charge >= 0.3 is 12.1 Å². The number of nitrogens with zero attached hydrogens (tertiary/aromatic N) is 2. The summed E-state index contributed by atoms with van der Waals surface area (Å²) in [6.45, 7) is 4.18. The van der Waals surface area contributed by atoms with Crippen molar-refractivity contribution < 1.29 is 24.2 Å². The predicted octanol–water partition coefficient (Wildman–Crippen LogP) is 4.64. The summed E-state index contributed by atoms with van der Waals surface area (Å²) in [5.74, 6) is 0.171. The first-order valence-corrected chi connectivity index (χ1v) is 13.6. The summed E-state index contributed by atoms with van der Waals surface area (Å²) >= 11 is 0. The van der Waals surface area contributed by atoms with Crippen LogP contribution in [-0.2, 0) is 11.2 Å². The molecule has 3 atom stereocenters.